The Morgan fingerprint density at radius 1 is 1.55 bits per heavy atom. The highest BCUT2D eigenvalue weighted by molar-refractivity contribution is 5.12. The first-order valence-electron chi connectivity index (χ1n) is 3.85. The Labute approximate surface area is 67.8 Å². The molecule has 0 spiro atoms. The summed E-state index contributed by atoms with van der Waals surface area (Å²) in [7, 11) is 0. The summed E-state index contributed by atoms with van der Waals surface area (Å²) in [5.74, 6) is 0. The summed E-state index contributed by atoms with van der Waals surface area (Å²) in [5.41, 5.74) is 2.36. The Balaban J connectivity index is 2.58. The van der Waals surface area contributed by atoms with Crippen molar-refractivity contribution in [2.24, 2.45) is 0 Å². The molecular formula is C10H13N. The topological polar surface area (TPSA) is 12.9 Å². The lowest BCUT2D eigenvalue weighted by Crippen LogP contribution is -1.88. The lowest BCUT2D eigenvalue weighted by molar-refractivity contribution is 0.941. The van der Waals surface area contributed by atoms with E-state index in [0.717, 1.165) is 18.5 Å². The van der Waals surface area contributed by atoms with Crippen LogP contribution in [0.3, 0.4) is 0 Å². The van der Waals surface area contributed by atoms with Crippen molar-refractivity contribution in [3.05, 3.63) is 42.2 Å². The van der Waals surface area contributed by atoms with E-state index in [1.54, 1.807) is 0 Å². The van der Waals surface area contributed by atoms with Gasteiger partial charge < -0.3 is 0 Å². The molecule has 58 valence electrons. The maximum absolute atomic E-state index is 4.27. The van der Waals surface area contributed by atoms with Crippen LogP contribution in [0.1, 0.15) is 17.7 Å². The highest BCUT2D eigenvalue weighted by atomic mass is 14.7. The molecular weight excluding hydrogens is 134 g/mol. The second-order valence-electron chi connectivity index (χ2n) is 2.65. The normalized spacial score (nSPS) is 9.55. The number of aromatic nitrogens is 1. The van der Waals surface area contributed by atoms with Gasteiger partial charge in [-0.3, -0.25) is 4.98 Å². The Kier molecular flexibility index (Phi) is 2.84. The summed E-state index contributed by atoms with van der Waals surface area (Å²) in [6.45, 7) is 5.71. The minimum Gasteiger partial charge on any atom is -0.261 e. The molecule has 11 heavy (non-hydrogen) atoms. The molecule has 0 unspecified atom stereocenters. The van der Waals surface area contributed by atoms with E-state index in [0.29, 0.717) is 0 Å². The summed E-state index contributed by atoms with van der Waals surface area (Å²) in [6, 6.07) is 4.16. The number of hydrogen-bond donors (Lipinski definition) is 0. The van der Waals surface area contributed by atoms with Crippen molar-refractivity contribution in [1.82, 2.24) is 4.98 Å². The number of allylic oxidation sites excluding steroid dienone is 1. The van der Waals surface area contributed by atoms with E-state index in [1.807, 2.05) is 19.2 Å². The lowest BCUT2D eigenvalue weighted by atomic mass is 10.2. The van der Waals surface area contributed by atoms with Gasteiger partial charge in [-0.1, -0.05) is 12.1 Å². The Bertz CT molecular complexity index is 223. The third-order valence-electron chi connectivity index (χ3n) is 1.58. The predicted molar refractivity (Wildman–Crippen MR) is 47.5 cm³/mol. The zero-order chi connectivity index (χ0) is 8.10. The molecule has 1 heterocycles. The molecule has 0 aromatic carbocycles. The number of rotatable bonds is 3. The zero-order valence-electron chi connectivity index (χ0n) is 6.88. The number of hydrogen-bond acceptors (Lipinski definition) is 1. The lowest BCUT2D eigenvalue weighted by Gasteiger charge is -1.96. The van der Waals surface area contributed by atoms with Crippen molar-refractivity contribution in [1.29, 1.82) is 0 Å². The van der Waals surface area contributed by atoms with Gasteiger partial charge in [0.25, 0.3) is 0 Å². The van der Waals surface area contributed by atoms with Crippen molar-refractivity contribution in [2.75, 3.05) is 0 Å². The minimum absolute atomic E-state index is 1.00. The van der Waals surface area contributed by atoms with Gasteiger partial charge in [-0.05, 0) is 31.4 Å². The fraction of sp³-hybridized carbons (Fsp3) is 0.300. The molecule has 0 bridgehead atoms. The van der Waals surface area contributed by atoms with Gasteiger partial charge in [-0.2, -0.15) is 0 Å². The molecule has 0 radical (unpaired) electrons. The number of nitrogens with zero attached hydrogens (tertiary/aromatic N) is 1. The number of aryl methyl sites for hydroxylation is 2. The summed E-state index contributed by atoms with van der Waals surface area (Å²) in [6.07, 6.45) is 5.83. The Hall–Kier alpha value is -1.11. The predicted octanol–water partition coefficient (Wildman–Crippen LogP) is 2.51. The van der Waals surface area contributed by atoms with Crippen LogP contribution in [0.5, 0.6) is 0 Å². The third kappa shape index (κ3) is 2.54. The largest absolute Gasteiger partial charge is 0.261 e. The van der Waals surface area contributed by atoms with Gasteiger partial charge in [-0.25, -0.2) is 0 Å². The van der Waals surface area contributed by atoms with Crippen molar-refractivity contribution >= 4 is 0 Å². The van der Waals surface area contributed by atoms with E-state index in [4.69, 9.17) is 0 Å². The smallest absolute Gasteiger partial charge is 0.0406 e. The van der Waals surface area contributed by atoms with Crippen molar-refractivity contribution in [2.45, 2.75) is 19.8 Å². The average Bonchev–Trinajstić information content (AvgIpc) is 2.04. The average molecular weight is 147 g/mol. The summed E-state index contributed by atoms with van der Waals surface area (Å²) in [5, 5.41) is 0. The molecule has 1 aromatic heterocycles. The van der Waals surface area contributed by atoms with Gasteiger partial charge in [0.2, 0.25) is 0 Å². The van der Waals surface area contributed by atoms with Crippen LogP contribution in [0.15, 0.2) is 31.0 Å². The van der Waals surface area contributed by atoms with E-state index in [1.165, 1.54) is 5.56 Å². The second-order valence-corrected chi connectivity index (χ2v) is 2.65. The van der Waals surface area contributed by atoms with Crippen LogP contribution in [0, 0.1) is 6.92 Å². The van der Waals surface area contributed by atoms with E-state index < -0.39 is 0 Å². The van der Waals surface area contributed by atoms with Crippen LogP contribution < -0.4 is 0 Å². The first-order valence-corrected chi connectivity index (χ1v) is 3.85. The molecule has 0 atom stereocenters. The summed E-state index contributed by atoms with van der Waals surface area (Å²) < 4.78 is 0. The highest BCUT2D eigenvalue weighted by Crippen LogP contribution is 2.01. The van der Waals surface area contributed by atoms with Gasteiger partial charge in [-0.15, -0.1) is 6.58 Å². The first-order chi connectivity index (χ1) is 5.33. The maximum Gasteiger partial charge on any atom is 0.0406 e. The zero-order valence-corrected chi connectivity index (χ0v) is 6.88. The van der Waals surface area contributed by atoms with Crippen molar-refractivity contribution in [3.8, 4) is 0 Å². The van der Waals surface area contributed by atoms with Crippen LogP contribution in [0.25, 0.3) is 0 Å². The molecule has 0 N–H and O–H groups in total. The van der Waals surface area contributed by atoms with Crippen LogP contribution in [-0.4, -0.2) is 4.98 Å². The first kappa shape index (κ1) is 7.99. The minimum atomic E-state index is 1.00. The molecule has 1 nitrogen and oxygen atoms in total. The molecule has 0 saturated carbocycles. The number of pyridine rings is 1. The van der Waals surface area contributed by atoms with E-state index in [2.05, 4.69) is 23.7 Å². The quantitative estimate of drug-likeness (QED) is 0.598. The molecule has 0 fully saturated rings. The Morgan fingerprint density at radius 3 is 2.91 bits per heavy atom. The van der Waals surface area contributed by atoms with Gasteiger partial charge >= 0.3 is 0 Å². The maximum atomic E-state index is 4.27. The third-order valence-corrected chi connectivity index (χ3v) is 1.58. The van der Waals surface area contributed by atoms with Crippen molar-refractivity contribution < 1.29 is 0 Å². The van der Waals surface area contributed by atoms with Crippen LogP contribution in [-0.2, 0) is 6.42 Å². The molecule has 0 saturated heterocycles. The van der Waals surface area contributed by atoms with E-state index in [-0.39, 0.29) is 0 Å². The Morgan fingerprint density at radius 2 is 2.36 bits per heavy atom. The molecule has 0 amide bonds. The van der Waals surface area contributed by atoms with E-state index >= 15 is 0 Å². The molecule has 0 aliphatic heterocycles. The fourth-order valence-corrected chi connectivity index (χ4v) is 0.896. The summed E-state index contributed by atoms with van der Waals surface area (Å²) in [4.78, 5) is 4.27. The van der Waals surface area contributed by atoms with Gasteiger partial charge in [0.15, 0.2) is 0 Å². The molecule has 1 aromatic rings. The standard InChI is InChI=1S/C10H13N/c1-3-4-5-10-7-6-9(2)8-11-10/h3,6-8H,1,4-5H2,2H3. The van der Waals surface area contributed by atoms with Crippen molar-refractivity contribution in [3.63, 3.8) is 0 Å². The van der Waals surface area contributed by atoms with E-state index in [9.17, 15) is 0 Å². The van der Waals surface area contributed by atoms with Crippen LogP contribution >= 0.6 is 0 Å². The second kappa shape index (κ2) is 3.91. The van der Waals surface area contributed by atoms with Crippen LogP contribution in [0.4, 0.5) is 0 Å². The SMILES string of the molecule is C=CCCc1ccc(C)cn1. The molecule has 0 aliphatic rings. The molecule has 1 heteroatoms. The van der Waals surface area contributed by atoms with Gasteiger partial charge in [0.05, 0.1) is 0 Å². The molecule has 1 rings (SSSR count). The fourth-order valence-electron chi connectivity index (χ4n) is 0.896. The van der Waals surface area contributed by atoms with Gasteiger partial charge in [0.1, 0.15) is 0 Å². The highest BCUT2D eigenvalue weighted by Gasteiger charge is 1.90. The van der Waals surface area contributed by atoms with Crippen LogP contribution in [0.2, 0.25) is 0 Å². The van der Waals surface area contributed by atoms with Gasteiger partial charge in [0, 0.05) is 11.9 Å². The summed E-state index contributed by atoms with van der Waals surface area (Å²) >= 11 is 0. The molecule has 0 aliphatic carbocycles. The monoisotopic (exact) mass is 147 g/mol.